The Morgan fingerprint density at radius 3 is 2.94 bits per heavy atom. The second kappa shape index (κ2) is 6.29. The number of para-hydroxylation sites is 1. The van der Waals surface area contributed by atoms with E-state index in [1.54, 1.807) is 0 Å². The summed E-state index contributed by atoms with van der Waals surface area (Å²) in [4.78, 5) is 0. The molecule has 0 saturated carbocycles. The number of hydrogen-bond acceptors (Lipinski definition) is 1. The van der Waals surface area contributed by atoms with Gasteiger partial charge < -0.3 is 4.74 Å². The van der Waals surface area contributed by atoms with Crippen LogP contribution in [0.1, 0.15) is 37.7 Å². The third-order valence-corrected chi connectivity index (χ3v) is 3.08. The number of rotatable bonds is 6. The molecular weight excluding hydrogens is 208 g/mol. The Labute approximate surface area is 104 Å². The first-order chi connectivity index (χ1) is 8.40. The average Bonchev–Trinajstić information content (AvgIpc) is 2.38. The van der Waals surface area contributed by atoms with E-state index in [1.807, 2.05) is 24.3 Å². The summed E-state index contributed by atoms with van der Waals surface area (Å²) in [6.07, 6.45) is 12.6. The topological polar surface area (TPSA) is 9.23 Å². The molecule has 1 unspecified atom stereocenters. The van der Waals surface area contributed by atoms with Crippen molar-refractivity contribution in [2.75, 3.05) is 0 Å². The number of unbranched alkanes of at least 4 members (excludes halogenated alkanes) is 3. The van der Waals surface area contributed by atoms with E-state index in [2.05, 4.69) is 24.8 Å². The van der Waals surface area contributed by atoms with E-state index >= 15 is 0 Å². The lowest BCUT2D eigenvalue weighted by Gasteiger charge is -2.21. The van der Waals surface area contributed by atoms with E-state index in [9.17, 15) is 0 Å². The predicted molar refractivity (Wildman–Crippen MR) is 73.2 cm³/mol. The zero-order valence-corrected chi connectivity index (χ0v) is 10.3. The van der Waals surface area contributed by atoms with Gasteiger partial charge in [0.15, 0.2) is 0 Å². The molecule has 0 spiro atoms. The first-order valence-corrected chi connectivity index (χ1v) is 6.45. The van der Waals surface area contributed by atoms with Crippen molar-refractivity contribution in [1.82, 2.24) is 0 Å². The van der Waals surface area contributed by atoms with E-state index in [1.165, 1.54) is 24.8 Å². The predicted octanol–water partition coefficient (Wildman–Crippen LogP) is 4.60. The van der Waals surface area contributed by atoms with Crippen molar-refractivity contribution < 1.29 is 4.74 Å². The van der Waals surface area contributed by atoms with Crippen LogP contribution in [0.2, 0.25) is 0 Å². The maximum atomic E-state index is 5.93. The van der Waals surface area contributed by atoms with Gasteiger partial charge in [0.2, 0.25) is 0 Å². The van der Waals surface area contributed by atoms with Crippen LogP contribution in [0.5, 0.6) is 5.75 Å². The molecule has 1 aliphatic rings. The molecule has 1 heteroatoms. The highest BCUT2D eigenvalue weighted by Crippen LogP contribution is 2.27. The maximum Gasteiger partial charge on any atom is 0.127 e. The van der Waals surface area contributed by atoms with Crippen LogP contribution in [0.3, 0.4) is 0 Å². The van der Waals surface area contributed by atoms with Crippen molar-refractivity contribution in [2.45, 2.75) is 38.2 Å². The summed E-state index contributed by atoms with van der Waals surface area (Å²) in [5.41, 5.74) is 1.19. The van der Waals surface area contributed by atoms with Crippen molar-refractivity contribution in [3.63, 3.8) is 0 Å². The molecule has 1 aromatic rings. The quantitative estimate of drug-likeness (QED) is 0.511. The molecule has 1 nitrogen and oxygen atoms in total. The minimum absolute atomic E-state index is 0.258. The lowest BCUT2D eigenvalue weighted by molar-refractivity contribution is 0.230. The Balaban J connectivity index is 1.77. The average molecular weight is 228 g/mol. The van der Waals surface area contributed by atoms with Gasteiger partial charge in [-0.05, 0) is 37.8 Å². The van der Waals surface area contributed by atoms with Gasteiger partial charge in [0.05, 0.1) is 0 Å². The van der Waals surface area contributed by atoms with Gasteiger partial charge >= 0.3 is 0 Å². The molecule has 1 atom stereocenters. The summed E-state index contributed by atoms with van der Waals surface area (Å²) in [7, 11) is 0. The van der Waals surface area contributed by atoms with Crippen LogP contribution < -0.4 is 4.74 Å². The molecule has 1 aliphatic heterocycles. The van der Waals surface area contributed by atoms with Crippen LogP contribution in [0, 0.1) is 0 Å². The fourth-order valence-corrected chi connectivity index (χ4v) is 2.11. The molecule has 2 rings (SSSR count). The summed E-state index contributed by atoms with van der Waals surface area (Å²) < 4.78 is 5.93. The molecule has 0 aromatic heterocycles. The van der Waals surface area contributed by atoms with E-state index in [4.69, 9.17) is 4.74 Å². The van der Waals surface area contributed by atoms with Crippen molar-refractivity contribution in [2.24, 2.45) is 0 Å². The van der Waals surface area contributed by atoms with Gasteiger partial charge in [0.1, 0.15) is 11.9 Å². The van der Waals surface area contributed by atoms with Crippen LogP contribution in [-0.4, -0.2) is 6.10 Å². The minimum Gasteiger partial charge on any atom is -0.486 e. The number of allylic oxidation sites excluding steroid dienone is 1. The van der Waals surface area contributed by atoms with Gasteiger partial charge in [0, 0.05) is 5.56 Å². The number of hydrogen-bond donors (Lipinski definition) is 0. The standard InChI is InChI=1S/C16H20O/c1-2-3-4-5-6-10-15-13-12-14-9-7-8-11-16(14)17-15/h2,7-9,11-13,15H,1,3-6,10H2. The van der Waals surface area contributed by atoms with Crippen LogP contribution in [0.25, 0.3) is 6.08 Å². The highest BCUT2D eigenvalue weighted by atomic mass is 16.5. The highest BCUT2D eigenvalue weighted by molar-refractivity contribution is 5.59. The Kier molecular flexibility index (Phi) is 4.43. The lowest BCUT2D eigenvalue weighted by atomic mass is 10.0. The Bertz CT molecular complexity index is 392. The summed E-state index contributed by atoms with van der Waals surface area (Å²) in [5, 5.41) is 0. The van der Waals surface area contributed by atoms with Crippen molar-refractivity contribution in [3.05, 3.63) is 48.6 Å². The van der Waals surface area contributed by atoms with Crippen LogP contribution >= 0.6 is 0 Å². The molecule has 0 aliphatic carbocycles. The first-order valence-electron chi connectivity index (χ1n) is 6.45. The van der Waals surface area contributed by atoms with Crippen LogP contribution in [-0.2, 0) is 0 Å². The van der Waals surface area contributed by atoms with Gasteiger partial charge in [-0.1, -0.05) is 36.8 Å². The van der Waals surface area contributed by atoms with E-state index in [-0.39, 0.29) is 6.10 Å². The second-order valence-corrected chi connectivity index (χ2v) is 4.48. The lowest BCUT2D eigenvalue weighted by Crippen LogP contribution is -2.16. The maximum absolute atomic E-state index is 5.93. The Morgan fingerprint density at radius 2 is 2.06 bits per heavy atom. The van der Waals surface area contributed by atoms with Crippen LogP contribution in [0.15, 0.2) is 43.0 Å². The first kappa shape index (κ1) is 12.0. The number of benzene rings is 1. The monoisotopic (exact) mass is 228 g/mol. The summed E-state index contributed by atoms with van der Waals surface area (Å²) in [6.45, 7) is 3.74. The smallest absolute Gasteiger partial charge is 0.127 e. The molecule has 0 radical (unpaired) electrons. The van der Waals surface area contributed by atoms with E-state index < -0.39 is 0 Å². The van der Waals surface area contributed by atoms with Crippen LogP contribution in [0.4, 0.5) is 0 Å². The van der Waals surface area contributed by atoms with Gasteiger partial charge in [-0.2, -0.15) is 0 Å². The zero-order chi connectivity index (χ0) is 11.9. The van der Waals surface area contributed by atoms with Gasteiger partial charge in [-0.25, -0.2) is 0 Å². The Hall–Kier alpha value is -1.50. The number of ether oxygens (including phenoxy) is 1. The molecular formula is C16H20O. The molecule has 0 bridgehead atoms. The van der Waals surface area contributed by atoms with Gasteiger partial charge in [0.25, 0.3) is 0 Å². The molecule has 90 valence electrons. The summed E-state index contributed by atoms with van der Waals surface area (Å²) in [6, 6.07) is 8.21. The zero-order valence-electron chi connectivity index (χ0n) is 10.3. The fraction of sp³-hybridized carbons (Fsp3) is 0.375. The SMILES string of the molecule is C=CCCCCCC1C=Cc2ccccc2O1. The van der Waals surface area contributed by atoms with Crippen molar-refractivity contribution in [1.29, 1.82) is 0 Å². The summed E-state index contributed by atoms with van der Waals surface area (Å²) >= 11 is 0. The fourth-order valence-electron chi connectivity index (χ4n) is 2.11. The molecule has 0 amide bonds. The van der Waals surface area contributed by atoms with E-state index in [0.717, 1.165) is 18.6 Å². The molecule has 0 fully saturated rings. The molecule has 1 aromatic carbocycles. The largest absolute Gasteiger partial charge is 0.486 e. The van der Waals surface area contributed by atoms with Gasteiger partial charge in [-0.3, -0.25) is 0 Å². The third-order valence-electron chi connectivity index (χ3n) is 3.08. The van der Waals surface area contributed by atoms with Crippen molar-refractivity contribution in [3.8, 4) is 5.75 Å². The second-order valence-electron chi connectivity index (χ2n) is 4.48. The van der Waals surface area contributed by atoms with Crippen molar-refractivity contribution >= 4 is 6.08 Å². The Morgan fingerprint density at radius 1 is 1.18 bits per heavy atom. The molecule has 0 saturated heterocycles. The number of fused-ring (bicyclic) bond motifs is 1. The normalized spacial score (nSPS) is 17.3. The molecule has 0 N–H and O–H groups in total. The third kappa shape index (κ3) is 3.48. The summed E-state index contributed by atoms with van der Waals surface area (Å²) in [5.74, 6) is 1.02. The minimum atomic E-state index is 0.258. The van der Waals surface area contributed by atoms with Gasteiger partial charge in [-0.15, -0.1) is 6.58 Å². The molecule has 17 heavy (non-hydrogen) atoms. The highest BCUT2D eigenvalue weighted by Gasteiger charge is 2.13. The van der Waals surface area contributed by atoms with E-state index in [0.29, 0.717) is 0 Å². The molecule has 1 heterocycles.